The van der Waals surface area contributed by atoms with Crippen molar-refractivity contribution in [1.82, 2.24) is 15.5 Å². The van der Waals surface area contributed by atoms with E-state index in [-0.39, 0.29) is 11.2 Å². The van der Waals surface area contributed by atoms with Crippen molar-refractivity contribution in [3.63, 3.8) is 0 Å². The molecule has 0 saturated heterocycles. The van der Waals surface area contributed by atoms with Crippen LogP contribution in [0, 0.1) is 5.92 Å². The van der Waals surface area contributed by atoms with E-state index < -0.39 is 0 Å². The minimum Gasteiger partial charge on any atom is -0.352 e. The number of thioether (sulfide) groups is 1. The molecule has 1 fully saturated rings. The number of amides is 1. The molecular weight excluding hydrogens is 266 g/mol. The summed E-state index contributed by atoms with van der Waals surface area (Å²) in [6.07, 6.45) is 4.86. The Morgan fingerprint density at radius 3 is 3.00 bits per heavy atom. The number of carbonyl (C=O) groups is 1. The first-order valence-corrected chi connectivity index (χ1v) is 8.16. The zero-order chi connectivity index (χ0) is 13.0. The zero-order valence-electron chi connectivity index (χ0n) is 10.8. The van der Waals surface area contributed by atoms with Crippen LogP contribution in [0.3, 0.4) is 0 Å². The van der Waals surface area contributed by atoms with Crippen LogP contribution in [0.15, 0.2) is 9.85 Å². The molecular formula is C12H19N3OS2. The van der Waals surface area contributed by atoms with Gasteiger partial charge in [0.15, 0.2) is 4.34 Å². The third-order valence-corrected chi connectivity index (χ3v) is 5.34. The second kappa shape index (κ2) is 6.52. The highest BCUT2D eigenvalue weighted by molar-refractivity contribution is 8.02. The van der Waals surface area contributed by atoms with Crippen molar-refractivity contribution >= 4 is 29.0 Å². The van der Waals surface area contributed by atoms with Gasteiger partial charge >= 0.3 is 0 Å². The van der Waals surface area contributed by atoms with Crippen LogP contribution < -0.4 is 5.32 Å². The maximum atomic E-state index is 12.1. The monoisotopic (exact) mass is 285 g/mol. The molecule has 3 atom stereocenters. The van der Waals surface area contributed by atoms with Crippen molar-refractivity contribution in [3.05, 3.63) is 5.51 Å². The second-order valence-corrected chi connectivity index (χ2v) is 7.26. The van der Waals surface area contributed by atoms with E-state index >= 15 is 0 Å². The molecule has 0 aliphatic heterocycles. The van der Waals surface area contributed by atoms with E-state index in [2.05, 4.69) is 22.4 Å². The molecule has 0 spiro atoms. The van der Waals surface area contributed by atoms with Gasteiger partial charge < -0.3 is 5.32 Å². The fourth-order valence-corrected chi connectivity index (χ4v) is 3.88. The minimum atomic E-state index is -0.105. The van der Waals surface area contributed by atoms with Crippen LogP contribution in [0.5, 0.6) is 0 Å². The van der Waals surface area contributed by atoms with Crippen LogP contribution in [-0.2, 0) is 4.79 Å². The zero-order valence-corrected chi connectivity index (χ0v) is 12.4. The predicted octanol–water partition coefficient (Wildman–Crippen LogP) is 2.71. The predicted molar refractivity (Wildman–Crippen MR) is 74.8 cm³/mol. The smallest absolute Gasteiger partial charge is 0.233 e. The number of hydrogen-bond donors (Lipinski definition) is 1. The van der Waals surface area contributed by atoms with Crippen molar-refractivity contribution in [2.45, 2.75) is 55.2 Å². The highest BCUT2D eigenvalue weighted by atomic mass is 32.2. The van der Waals surface area contributed by atoms with E-state index in [0.29, 0.717) is 12.0 Å². The molecule has 0 bridgehead atoms. The van der Waals surface area contributed by atoms with E-state index in [0.717, 1.165) is 10.8 Å². The van der Waals surface area contributed by atoms with Gasteiger partial charge in [-0.3, -0.25) is 4.79 Å². The fourth-order valence-electron chi connectivity index (χ4n) is 2.25. The van der Waals surface area contributed by atoms with E-state index in [9.17, 15) is 4.79 Å². The lowest BCUT2D eigenvalue weighted by Gasteiger charge is -2.30. The number of carbonyl (C=O) groups excluding carboxylic acids is 1. The molecule has 2 rings (SSSR count). The first kappa shape index (κ1) is 13.8. The SMILES string of the molecule is C[C@H](Sc1nncs1)C(=O)N[C@H]1CCCC[C@H]1C. The number of aromatic nitrogens is 2. The van der Waals surface area contributed by atoms with Crippen molar-refractivity contribution in [2.75, 3.05) is 0 Å². The standard InChI is InChI=1S/C12H19N3OS2/c1-8-5-3-4-6-10(8)14-11(16)9(2)18-12-15-13-7-17-12/h7-10H,3-6H2,1-2H3,(H,14,16)/t8-,9+,10+/m1/s1. The molecule has 1 amide bonds. The summed E-state index contributed by atoms with van der Waals surface area (Å²) < 4.78 is 0.856. The van der Waals surface area contributed by atoms with Gasteiger partial charge in [0, 0.05) is 6.04 Å². The van der Waals surface area contributed by atoms with Gasteiger partial charge in [-0.05, 0) is 25.7 Å². The summed E-state index contributed by atoms with van der Waals surface area (Å²) >= 11 is 2.96. The largest absolute Gasteiger partial charge is 0.352 e. The minimum absolute atomic E-state index is 0.105. The Kier molecular flexibility index (Phi) is 5.00. The molecule has 100 valence electrons. The van der Waals surface area contributed by atoms with E-state index in [1.165, 1.54) is 42.4 Å². The maximum absolute atomic E-state index is 12.1. The van der Waals surface area contributed by atoms with Gasteiger partial charge in [-0.1, -0.05) is 42.9 Å². The molecule has 0 radical (unpaired) electrons. The Morgan fingerprint density at radius 2 is 2.33 bits per heavy atom. The van der Waals surface area contributed by atoms with Crippen LogP contribution in [0.1, 0.15) is 39.5 Å². The summed E-state index contributed by atoms with van der Waals surface area (Å²) in [4.78, 5) is 12.1. The van der Waals surface area contributed by atoms with Gasteiger partial charge in [0.05, 0.1) is 5.25 Å². The molecule has 6 heteroatoms. The molecule has 1 saturated carbocycles. The molecule has 0 unspecified atom stereocenters. The number of nitrogens with zero attached hydrogens (tertiary/aromatic N) is 2. The normalized spacial score (nSPS) is 25.7. The average Bonchev–Trinajstić information content (AvgIpc) is 2.84. The molecule has 1 aromatic rings. The first-order valence-electron chi connectivity index (χ1n) is 6.40. The molecule has 4 nitrogen and oxygen atoms in total. The third-order valence-electron chi connectivity index (χ3n) is 3.43. The Bertz CT molecular complexity index is 383. The van der Waals surface area contributed by atoms with Gasteiger partial charge in [-0.15, -0.1) is 10.2 Å². The van der Waals surface area contributed by atoms with Crippen LogP contribution in [0.2, 0.25) is 0 Å². The summed E-state index contributed by atoms with van der Waals surface area (Å²) in [5, 5.41) is 10.8. The van der Waals surface area contributed by atoms with Gasteiger partial charge in [-0.2, -0.15) is 0 Å². The highest BCUT2D eigenvalue weighted by Crippen LogP contribution is 2.26. The lowest BCUT2D eigenvalue weighted by atomic mass is 9.86. The lowest BCUT2D eigenvalue weighted by Crippen LogP contribution is -2.44. The molecule has 1 N–H and O–H groups in total. The molecule has 1 aromatic heterocycles. The Hall–Kier alpha value is -0.620. The van der Waals surface area contributed by atoms with Crippen molar-refractivity contribution in [3.8, 4) is 0 Å². The Balaban J connectivity index is 1.83. The topological polar surface area (TPSA) is 54.9 Å². The first-order chi connectivity index (χ1) is 8.66. The van der Waals surface area contributed by atoms with Crippen molar-refractivity contribution in [1.29, 1.82) is 0 Å². The molecule has 1 aliphatic carbocycles. The quantitative estimate of drug-likeness (QED) is 0.864. The maximum Gasteiger partial charge on any atom is 0.233 e. The summed E-state index contributed by atoms with van der Waals surface area (Å²) in [6, 6.07) is 0.351. The Labute approximate surface area is 116 Å². The van der Waals surface area contributed by atoms with E-state index in [4.69, 9.17) is 0 Å². The second-order valence-electron chi connectivity index (χ2n) is 4.84. The summed E-state index contributed by atoms with van der Waals surface area (Å²) in [5.41, 5.74) is 1.69. The van der Waals surface area contributed by atoms with Crippen LogP contribution in [-0.4, -0.2) is 27.4 Å². The van der Waals surface area contributed by atoms with Crippen LogP contribution >= 0.6 is 23.1 Å². The van der Waals surface area contributed by atoms with Crippen molar-refractivity contribution in [2.24, 2.45) is 5.92 Å². The van der Waals surface area contributed by atoms with E-state index in [1.807, 2.05) is 6.92 Å². The van der Waals surface area contributed by atoms with E-state index in [1.54, 1.807) is 5.51 Å². The molecule has 1 heterocycles. The summed E-state index contributed by atoms with van der Waals surface area (Å²) in [7, 11) is 0. The number of hydrogen-bond acceptors (Lipinski definition) is 5. The van der Waals surface area contributed by atoms with Gasteiger partial charge in [0.25, 0.3) is 0 Å². The average molecular weight is 285 g/mol. The lowest BCUT2D eigenvalue weighted by molar-refractivity contribution is -0.121. The van der Waals surface area contributed by atoms with Gasteiger partial charge in [0.2, 0.25) is 5.91 Å². The summed E-state index contributed by atoms with van der Waals surface area (Å²) in [6.45, 7) is 4.15. The number of rotatable bonds is 4. The molecule has 18 heavy (non-hydrogen) atoms. The molecule has 0 aromatic carbocycles. The number of nitrogens with one attached hydrogen (secondary N) is 1. The van der Waals surface area contributed by atoms with Gasteiger partial charge in [-0.25, -0.2) is 0 Å². The molecule has 1 aliphatic rings. The highest BCUT2D eigenvalue weighted by Gasteiger charge is 2.25. The van der Waals surface area contributed by atoms with Crippen molar-refractivity contribution < 1.29 is 4.79 Å². The van der Waals surface area contributed by atoms with Gasteiger partial charge in [0.1, 0.15) is 5.51 Å². The summed E-state index contributed by atoms with van der Waals surface area (Å²) in [5.74, 6) is 0.718. The Morgan fingerprint density at radius 1 is 1.56 bits per heavy atom. The third kappa shape index (κ3) is 3.68. The fraction of sp³-hybridized carbons (Fsp3) is 0.750. The van der Waals surface area contributed by atoms with Crippen LogP contribution in [0.4, 0.5) is 0 Å². The van der Waals surface area contributed by atoms with Crippen LogP contribution in [0.25, 0.3) is 0 Å².